The van der Waals surface area contributed by atoms with E-state index in [9.17, 15) is 9.59 Å². The van der Waals surface area contributed by atoms with E-state index in [1.54, 1.807) is 30.3 Å². The van der Waals surface area contributed by atoms with Crippen molar-refractivity contribution in [1.82, 2.24) is 0 Å². The van der Waals surface area contributed by atoms with Gasteiger partial charge in [0.1, 0.15) is 0 Å². The Morgan fingerprint density at radius 3 is 2.42 bits per heavy atom. The fraction of sp³-hybridized carbons (Fsp3) is 0.0500. The van der Waals surface area contributed by atoms with Crippen LogP contribution in [0.2, 0.25) is 0 Å². The van der Waals surface area contributed by atoms with Gasteiger partial charge in [0.15, 0.2) is 0 Å². The third-order valence-corrected chi connectivity index (χ3v) is 3.64. The molecule has 0 radical (unpaired) electrons. The molecule has 0 atom stereocenters. The fourth-order valence-electron chi connectivity index (χ4n) is 2.45. The van der Waals surface area contributed by atoms with Crippen LogP contribution in [0.15, 0.2) is 77.3 Å². The highest BCUT2D eigenvalue weighted by molar-refractivity contribution is 6.24. The Morgan fingerprint density at radius 2 is 1.67 bits per heavy atom. The van der Waals surface area contributed by atoms with Gasteiger partial charge in [0.05, 0.1) is 12.8 Å². The van der Waals surface area contributed by atoms with Crippen molar-refractivity contribution in [2.45, 2.75) is 0 Å². The molecule has 0 saturated heterocycles. The number of amides is 1. The Hall–Kier alpha value is -3.27. The minimum absolute atomic E-state index is 0.355. The number of hydrogen-bond donors (Lipinski definition) is 0. The predicted molar refractivity (Wildman–Crippen MR) is 92.9 cm³/mol. The van der Waals surface area contributed by atoms with Crippen molar-refractivity contribution in [3.05, 3.63) is 89.0 Å². The van der Waals surface area contributed by atoms with Crippen LogP contribution in [0, 0.1) is 0 Å². The average molecular weight is 317 g/mol. The summed E-state index contributed by atoms with van der Waals surface area (Å²) >= 11 is 0. The lowest BCUT2D eigenvalue weighted by atomic mass is 9.91. The summed E-state index contributed by atoms with van der Waals surface area (Å²) in [5, 5.41) is 0. The number of ether oxygens (including phenoxy) is 1. The van der Waals surface area contributed by atoms with E-state index in [1.165, 1.54) is 13.2 Å². The van der Waals surface area contributed by atoms with Crippen LogP contribution in [0.4, 0.5) is 0 Å². The maximum Gasteiger partial charge on any atom is 0.331 e. The van der Waals surface area contributed by atoms with Gasteiger partial charge in [-0.1, -0.05) is 54.6 Å². The Morgan fingerprint density at radius 1 is 0.958 bits per heavy atom. The van der Waals surface area contributed by atoms with Crippen LogP contribution in [0.3, 0.4) is 0 Å². The summed E-state index contributed by atoms with van der Waals surface area (Å²) in [6, 6.07) is 16.4. The number of allylic oxidation sites excluding steroid dienone is 2. The Balaban J connectivity index is 2.10. The molecule has 0 N–H and O–H groups in total. The number of fused-ring (bicyclic) bond motifs is 1. The van der Waals surface area contributed by atoms with Gasteiger partial charge < -0.3 is 4.74 Å². The summed E-state index contributed by atoms with van der Waals surface area (Å²) in [4.78, 5) is 28.4. The highest BCUT2D eigenvalue weighted by Gasteiger charge is 2.18. The largest absolute Gasteiger partial charge is 0.466 e. The number of esters is 1. The first-order valence-corrected chi connectivity index (χ1v) is 7.44. The van der Waals surface area contributed by atoms with Crippen molar-refractivity contribution >= 4 is 23.7 Å². The molecular formula is C20H15NO3. The molecule has 118 valence electrons. The molecule has 0 fully saturated rings. The molecule has 0 unspecified atom stereocenters. The summed E-state index contributed by atoms with van der Waals surface area (Å²) in [6.07, 6.45) is 4.98. The number of aliphatic imine (C=N–C) groups is 1. The van der Waals surface area contributed by atoms with Gasteiger partial charge >= 0.3 is 5.97 Å². The predicted octanol–water partition coefficient (Wildman–Crippen LogP) is 3.44. The summed E-state index contributed by atoms with van der Waals surface area (Å²) in [5.41, 5.74) is 3.25. The van der Waals surface area contributed by atoms with E-state index >= 15 is 0 Å². The van der Waals surface area contributed by atoms with Crippen LogP contribution in [0.25, 0.3) is 6.08 Å². The van der Waals surface area contributed by atoms with Crippen LogP contribution in [-0.4, -0.2) is 24.7 Å². The smallest absolute Gasteiger partial charge is 0.331 e. The van der Waals surface area contributed by atoms with Crippen LogP contribution < -0.4 is 0 Å². The molecule has 1 aliphatic carbocycles. The summed E-state index contributed by atoms with van der Waals surface area (Å²) in [5.74, 6) is -0.847. The minimum Gasteiger partial charge on any atom is -0.466 e. The summed E-state index contributed by atoms with van der Waals surface area (Å²) < 4.78 is 4.69. The maximum atomic E-state index is 12.5. The normalized spacial score (nSPS) is 16.0. The fourth-order valence-corrected chi connectivity index (χ4v) is 2.45. The monoisotopic (exact) mass is 317 g/mol. The zero-order valence-corrected chi connectivity index (χ0v) is 13.1. The Bertz CT molecular complexity index is 877. The molecular weight excluding hydrogens is 302 g/mol. The van der Waals surface area contributed by atoms with E-state index in [1.807, 2.05) is 36.4 Å². The summed E-state index contributed by atoms with van der Waals surface area (Å²) in [7, 11) is 1.31. The van der Waals surface area contributed by atoms with Crippen molar-refractivity contribution in [2.24, 2.45) is 4.99 Å². The molecule has 2 aromatic rings. The lowest BCUT2D eigenvalue weighted by molar-refractivity contribution is -0.134. The van der Waals surface area contributed by atoms with E-state index < -0.39 is 5.97 Å². The number of benzene rings is 2. The third kappa shape index (κ3) is 3.22. The topological polar surface area (TPSA) is 55.7 Å². The molecule has 0 saturated carbocycles. The van der Waals surface area contributed by atoms with E-state index in [-0.39, 0.29) is 5.91 Å². The molecule has 24 heavy (non-hydrogen) atoms. The SMILES string of the molecule is COC(=O)/C=C1/C=Cc2ccccc2C1=NC(=O)c1ccccc1. The zero-order chi connectivity index (χ0) is 16.9. The van der Waals surface area contributed by atoms with Crippen molar-refractivity contribution in [3.63, 3.8) is 0 Å². The van der Waals surface area contributed by atoms with Crippen LogP contribution in [0.5, 0.6) is 0 Å². The molecule has 1 aliphatic rings. The molecule has 0 aliphatic heterocycles. The van der Waals surface area contributed by atoms with Gasteiger partial charge in [-0.25, -0.2) is 9.79 Å². The molecule has 0 spiro atoms. The number of nitrogens with zero attached hydrogens (tertiary/aromatic N) is 1. The van der Waals surface area contributed by atoms with Crippen molar-refractivity contribution in [3.8, 4) is 0 Å². The first kappa shape index (κ1) is 15.6. The number of carbonyl (C=O) groups excluding carboxylic acids is 2. The van der Waals surface area contributed by atoms with Crippen molar-refractivity contribution < 1.29 is 14.3 Å². The van der Waals surface area contributed by atoms with E-state index in [0.29, 0.717) is 16.8 Å². The second-order valence-electron chi connectivity index (χ2n) is 5.18. The van der Waals surface area contributed by atoms with Gasteiger partial charge in [-0.2, -0.15) is 0 Å². The highest BCUT2D eigenvalue weighted by Crippen LogP contribution is 2.24. The van der Waals surface area contributed by atoms with Gasteiger partial charge in [0.2, 0.25) is 0 Å². The molecule has 0 bridgehead atoms. The highest BCUT2D eigenvalue weighted by atomic mass is 16.5. The molecule has 1 amide bonds. The quantitative estimate of drug-likeness (QED) is 0.630. The van der Waals surface area contributed by atoms with E-state index in [2.05, 4.69) is 9.73 Å². The second-order valence-corrected chi connectivity index (χ2v) is 5.18. The number of carbonyl (C=O) groups is 2. The van der Waals surface area contributed by atoms with E-state index in [0.717, 1.165) is 11.1 Å². The van der Waals surface area contributed by atoms with Crippen LogP contribution in [0.1, 0.15) is 21.5 Å². The third-order valence-electron chi connectivity index (χ3n) is 3.64. The Labute approximate surface area is 139 Å². The summed E-state index contributed by atoms with van der Waals surface area (Å²) in [6.45, 7) is 0. The van der Waals surface area contributed by atoms with Gasteiger partial charge in [0, 0.05) is 22.8 Å². The zero-order valence-electron chi connectivity index (χ0n) is 13.1. The lowest BCUT2D eigenvalue weighted by Crippen LogP contribution is -2.14. The molecule has 0 aromatic heterocycles. The van der Waals surface area contributed by atoms with Crippen LogP contribution >= 0.6 is 0 Å². The van der Waals surface area contributed by atoms with Crippen LogP contribution in [-0.2, 0) is 9.53 Å². The van der Waals surface area contributed by atoms with E-state index in [4.69, 9.17) is 0 Å². The first-order chi connectivity index (χ1) is 11.7. The van der Waals surface area contributed by atoms with Crippen molar-refractivity contribution in [2.75, 3.05) is 7.11 Å². The average Bonchev–Trinajstić information content (AvgIpc) is 2.64. The number of hydrogen-bond acceptors (Lipinski definition) is 3. The number of rotatable bonds is 2. The standard InChI is InChI=1S/C20H15NO3/c1-24-18(22)13-16-12-11-14-7-5-6-10-17(14)19(16)21-20(23)15-8-3-2-4-9-15/h2-13H,1H3/b16-13-,21-19?. The Kier molecular flexibility index (Phi) is 4.47. The van der Waals surface area contributed by atoms with Gasteiger partial charge in [0.25, 0.3) is 5.91 Å². The first-order valence-electron chi connectivity index (χ1n) is 7.44. The van der Waals surface area contributed by atoms with Gasteiger partial charge in [-0.15, -0.1) is 0 Å². The van der Waals surface area contributed by atoms with Gasteiger partial charge in [-0.05, 0) is 17.7 Å². The molecule has 4 nitrogen and oxygen atoms in total. The van der Waals surface area contributed by atoms with Crippen molar-refractivity contribution in [1.29, 1.82) is 0 Å². The number of methoxy groups -OCH3 is 1. The molecule has 2 aromatic carbocycles. The van der Waals surface area contributed by atoms with Gasteiger partial charge in [-0.3, -0.25) is 4.79 Å². The molecule has 0 heterocycles. The molecule has 3 rings (SSSR count). The maximum absolute atomic E-state index is 12.5. The lowest BCUT2D eigenvalue weighted by Gasteiger charge is -2.15. The molecule has 4 heteroatoms. The second kappa shape index (κ2) is 6.87. The minimum atomic E-state index is -0.492.